The molecule has 22 heavy (non-hydrogen) atoms. The first-order valence-corrected chi connectivity index (χ1v) is 7.20. The summed E-state index contributed by atoms with van der Waals surface area (Å²) in [5.74, 6) is 0. The zero-order chi connectivity index (χ0) is 15.9. The highest BCUT2D eigenvalue weighted by molar-refractivity contribution is 5.90. The minimum Gasteiger partial charge on any atom is -0.338 e. The summed E-state index contributed by atoms with van der Waals surface area (Å²) in [4.78, 5) is 23.3. The molecule has 1 aromatic carbocycles. The largest absolute Gasteiger partial charge is 0.338 e. The average molecular weight is 300 g/mol. The lowest BCUT2D eigenvalue weighted by Crippen LogP contribution is -2.31. The van der Waals surface area contributed by atoms with Crippen LogP contribution in [0.4, 0.5) is 10.5 Å². The van der Waals surface area contributed by atoms with Crippen LogP contribution in [0, 0.1) is 13.8 Å². The van der Waals surface area contributed by atoms with Gasteiger partial charge in [0.1, 0.15) is 0 Å². The van der Waals surface area contributed by atoms with Crippen molar-refractivity contribution in [3.8, 4) is 0 Å². The number of rotatable bonds is 5. The van der Waals surface area contributed by atoms with Crippen molar-refractivity contribution in [1.29, 1.82) is 0 Å². The SMILES string of the molecule is Cc1ccc(C)c(NC(=O)NCCCn2ncccc2=O)c1. The van der Waals surface area contributed by atoms with Gasteiger partial charge >= 0.3 is 6.03 Å². The van der Waals surface area contributed by atoms with Crippen LogP contribution in [-0.4, -0.2) is 22.4 Å². The number of carbonyl (C=O) groups is 1. The molecule has 0 aliphatic rings. The van der Waals surface area contributed by atoms with Crippen molar-refractivity contribution < 1.29 is 4.79 Å². The number of carbonyl (C=O) groups excluding carboxylic acids is 1. The van der Waals surface area contributed by atoms with E-state index in [1.54, 1.807) is 12.3 Å². The molecule has 1 heterocycles. The Hall–Kier alpha value is -2.63. The van der Waals surface area contributed by atoms with E-state index in [0.29, 0.717) is 19.5 Å². The maximum Gasteiger partial charge on any atom is 0.319 e. The van der Waals surface area contributed by atoms with E-state index in [4.69, 9.17) is 0 Å². The predicted octanol–water partition coefficient (Wildman–Crippen LogP) is 2.07. The van der Waals surface area contributed by atoms with E-state index in [0.717, 1.165) is 16.8 Å². The molecular formula is C16H20N4O2. The average Bonchev–Trinajstić information content (AvgIpc) is 2.49. The first-order chi connectivity index (χ1) is 10.6. The molecule has 0 unspecified atom stereocenters. The number of hydrogen-bond acceptors (Lipinski definition) is 3. The normalized spacial score (nSPS) is 10.3. The number of urea groups is 1. The monoisotopic (exact) mass is 300 g/mol. The Kier molecular flexibility index (Phi) is 5.30. The molecule has 0 aliphatic carbocycles. The molecule has 116 valence electrons. The van der Waals surface area contributed by atoms with Crippen molar-refractivity contribution in [3.63, 3.8) is 0 Å². The van der Waals surface area contributed by atoms with Crippen molar-refractivity contribution in [2.24, 2.45) is 0 Å². The second-order valence-electron chi connectivity index (χ2n) is 5.14. The van der Waals surface area contributed by atoms with Gasteiger partial charge in [0.05, 0.1) is 0 Å². The number of aromatic nitrogens is 2. The quantitative estimate of drug-likeness (QED) is 0.830. The Morgan fingerprint density at radius 3 is 2.86 bits per heavy atom. The Morgan fingerprint density at radius 2 is 2.09 bits per heavy atom. The smallest absolute Gasteiger partial charge is 0.319 e. The van der Waals surface area contributed by atoms with Gasteiger partial charge in [-0.1, -0.05) is 12.1 Å². The van der Waals surface area contributed by atoms with E-state index in [1.165, 1.54) is 10.7 Å². The standard InChI is InChI=1S/C16H20N4O2/c1-12-6-7-13(2)14(11-12)19-16(22)17-8-4-10-20-15(21)5-3-9-18-20/h3,5-7,9,11H,4,8,10H2,1-2H3,(H2,17,19,22). The summed E-state index contributed by atoms with van der Waals surface area (Å²) in [6.07, 6.45) is 2.21. The molecule has 6 nitrogen and oxygen atoms in total. The molecule has 2 aromatic rings. The molecule has 2 N–H and O–H groups in total. The van der Waals surface area contributed by atoms with Gasteiger partial charge in [0.2, 0.25) is 0 Å². The number of nitrogens with one attached hydrogen (secondary N) is 2. The van der Waals surface area contributed by atoms with E-state index < -0.39 is 0 Å². The van der Waals surface area contributed by atoms with Crippen molar-refractivity contribution in [1.82, 2.24) is 15.1 Å². The fraction of sp³-hybridized carbons (Fsp3) is 0.312. The summed E-state index contributed by atoms with van der Waals surface area (Å²) in [6, 6.07) is 8.73. The molecule has 0 bridgehead atoms. The van der Waals surface area contributed by atoms with E-state index in [9.17, 15) is 9.59 Å². The topological polar surface area (TPSA) is 76.0 Å². The van der Waals surface area contributed by atoms with Gasteiger partial charge in [-0.25, -0.2) is 9.48 Å². The third kappa shape index (κ3) is 4.44. The number of aryl methyl sites for hydroxylation is 3. The van der Waals surface area contributed by atoms with Crippen LogP contribution in [0.25, 0.3) is 0 Å². The van der Waals surface area contributed by atoms with E-state index in [2.05, 4.69) is 15.7 Å². The second kappa shape index (κ2) is 7.40. The predicted molar refractivity (Wildman–Crippen MR) is 86.1 cm³/mol. The highest BCUT2D eigenvalue weighted by Crippen LogP contribution is 2.15. The molecule has 0 spiro atoms. The van der Waals surface area contributed by atoms with Crippen LogP contribution in [0.2, 0.25) is 0 Å². The van der Waals surface area contributed by atoms with E-state index >= 15 is 0 Å². The number of anilines is 1. The molecule has 0 fully saturated rings. The van der Waals surface area contributed by atoms with Crippen LogP contribution in [0.15, 0.2) is 41.3 Å². The minimum atomic E-state index is -0.248. The second-order valence-corrected chi connectivity index (χ2v) is 5.14. The van der Waals surface area contributed by atoms with Crippen LogP contribution in [-0.2, 0) is 6.54 Å². The summed E-state index contributed by atoms with van der Waals surface area (Å²) >= 11 is 0. The number of benzene rings is 1. The van der Waals surface area contributed by atoms with Crippen LogP contribution < -0.4 is 16.2 Å². The molecular weight excluding hydrogens is 280 g/mol. The Balaban J connectivity index is 1.77. The van der Waals surface area contributed by atoms with Crippen molar-refractivity contribution in [3.05, 3.63) is 58.0 Å². The lowest BCUT2D eigenvalue weighted by molar-refractivity contribution is 0.251. The van der Waals surface area contributed by atoms with Crippen LogP contribution in [0.3, 0.4) is 0 Å². The Labute approximate surface area is 129 Å². The maximum atomic E-state index is 11.8. The molecule has 6 heteroatoms. The van der Waals surface area contributed by atoms with Crippen molar-refractivity contribution in [2.45, 2.75) is 26.8 Å². The lowest BCUT2D eigenvalue weighted by atomic mass is 10.1. The van der Waals surface area contributed by atoms with Gasteiger partial charge in [0.15, 0.2) is 0 Å². The molecule has 0 saturated carbocycles. The zero-order valence-electron chi connectivity index (χ0n) is 12.8. The van der Waals surface area contributed by atoms with Crippen LogP contribution >= 0.6 is 0 Å². The molecule has 2 amide bonds. The highest BCUT2D eigenvalue weighted by Gasteiger charge is 2.04. The number of hydrogen-bond donors (Lipinski definition) is 2. The summed E-state index contributed by atoms with van der Waals surface area (Å²) in [5, 5.41) is 9.56. The van der Waals surface area contributed by atoms with Crippen LogP contribution in [0.1, 0.15) is 17.5 Å². The van der Waals surface area contributed by atoms with Gasteiger partial charge in [0.25, 0.3) is 5.56 Å². The van der Waals surface area contributed by atoms with Crippen molar-refractivity contribution in [2.75, 3.05) is 11.9 Å². The Bertz CT molecular complexity index is 709. The van der Waals surface area contributed by atoms with Gasteiger partial charge < -0.3 is 10.6 Å². The van der Waals surface area contributed by atoms with Gasteiger partial charge in [-0.3, -0.25) is 4.79 Å². The highest BCUT2D eigenvalue weighted by atomic mass is 16.2. The number of nitrogens with zero attached hydrogens (tertiary/aromatic N) is 2. The zero-order valence-corrected chi connectivity index (χ0v) is 12.8. The summed E-state index contributed by atoms with van der Waals surface area (Å²) < 4.78 is 1.38. The molecule has 0 atom stereocenters. The van der Waals surface area contributed by atoms with Gasteiger partial charge in [-0.15, -0.1) is 0 Å². The minimum absolute atomic E-state index is 0.137. The molecule has 0 saturated heterocycles. The van der Waals surface area contributed by atoms with Gasteiger partial charge in [0, 0.05) is 31.0 Å². The summed E-state index contributed by atoms with van der Waals surface area (Å²) in [6.45, 7) is 4.87. The fourth-order valence-electron chi connectivity index (χ4n) is 2.02. The molecule has 0 radical (unpaired) electrons. The van der Waals surface area contributed by atoms with E-state index in [1.807, 2.05) is 32.0 Å². The van der Waals surface area contributed by atoms with Crippen molar-refractivity contribution >= 4 is 11.7 Å². The fourth-order valence-corrected chi connectivity index (χ4v) is 2.02. The first-order valence-electron chi connectivity index (χ1n) is 7.20. The van der Waals surface area contributed by atoms with E-state index in [-0.39, 0.29) is 11.6 Å². The lowest BCUT2D eigenvalue weighted by Gasteiger charge is -2.10. The first kappa shape index (κ1) is 15.8. The number of amides is 2. The molecule has 2 rings (SSSR count). The molecule has 1 aromatic heterocycles. The summed E-state index contributed by atoms with van der Waals surface area (Å²) in [7, 11) is 0. The van der Waals surface area contributed by atoms with Crippen LogP contribution in [0.5, 0.6) is 0 Å². The Morgan fingerprint density at radius 1 is 1.27 bits per heavy atom. The summed E-state index contributed by atoms with van der Waals surface area (Å²) in [5.41, 5.74) is 2.77. The third-order valence-corrected chi connectivity index (χ3v) is 3.26. The van der Waals surface area contributed by atoms with Gasteiger partial charge in [-0.05, 0) is 43.5 Å². The molecule has 0 aliphatic heterocycles. The third-order valence-electron chi connectivity index (χ3n) is 3.26. The maximum absolute atomic E-state index is 11.8. The van der Waals surface area contributed by atoms with Gasteiger partial charge in [-0.2, -0.15) is 5.10 Å².